The molecule has 0 radical (unpaired) electrons. The standard InChI is InChI=1S/C15H11F3N2O4/c16-15(17,18)10-4-7(6-21)3-8-9(10)5-20(14(8)24)11-1-2-12(22)19-13(11)23/h3-4,6,11H,1-2,5H2,(H,19,22,23). The molecule has 0 bridgehead atoms. The topological polar surface area (TPSA) is 83.6 Å². The minimum absolute atomic E-state index is 0.00223. The van der Waals surface area contributed by atoms with Crippen molar-refractivity contribution in [2.75, 3.05) is 0 Å². The highest BCUT2D eigenvalue weighted by Crippen LogP contribution is 2.38. The van der Waals surface area contributed by atoms with E-state index < -0.39 is 42.0 Å². The highest BCUT2D eigenvalue weighted by molar-refractivity contribution is 6.06. The largest absolute Gasteiger partial charge is 0.416 e. The van der Waals surface area contributed by atoms with Crippen LogP contribution in [0.25, 0.3) is 0 Å². The molecule has 3 amide bonds. The number of halogens is 3. The normalized spacial score (nSPS) is 20.9. The molecule has 0 spiro atoms. The summed E-state index contributed by atoms with van der Waals surface area (Å²) in [5, 5.41) is 2.07. The van der Waals surface area contributed by atoms with Gasteiger partial charge in [0.05, 0.1) is 5.56 Å². The summed E-state index contributed by atoms with van der Waals surface area (Å²) in [6.07, 6.45) is -4.45. The predicted octanol–water partition coefficient (Wildman–Crippen LogP) is 1.28. The highest BCUT2D eigenvalue weighted by Gasteiger charge is 2.44. The van der Waals surface area contributed by atoms with Gasteiger partial charge in [-0.1, -0.05) is 0 Å². The van der Waals surface area contributed by atoms with E-state index in [4.69, 9.17) is 0 Å². The third-order valence-electron chi connectivity index (χ3n) is 4.12. The highest BCUT2D eigenvalue weighted by atomic mass is 19.4. The van der Waals surface area contributed by atoms with Crippen molar-refractivity contribution < 1.29 is 32.3 Å². The zero-order valence-electron chi connectivity index (χ0n) is 12.1. The van der Waals surface area contributed by atoms with E-state index >= 15 is 0 Å². The van der Waals surface area contributed by atoms with Crippen molar-refractivity contribution in [1.82, 2.24) is 10.2 Å². The van der Waals surface area contributed by atoms with Crippen LogP contribution in [0, 0.1) is 0 Å². The van der Waals surface area contributed by atoms with Crippen LogP contribution >= 0.6 is 0 Å². The van der Waals surface area contributed by atoms with E-state index in [1.807, 2.05) is 0 Å². The van der Waals surface area contributed by atoms with Crippen LogP contribution in [0.2, 0.25) is 0 Å². The first-order valence-electron chi connectivity index (χ1n) is 7.06. The second-order valence-corrected chi connectivity index (χ2v) is 5.61. The summed E-state index contributed by atoms with van der Waals surface area (Å²) < 4.78 is 39.6. The number of carbonyl (C=O) groups excluding carboxylic acids is 4. The maximum atomic E-state index is 13.2. The molecule has 1 aromatic carbocycles. The van der Waals surface area contributed by atoms with Crippen molar-refractivity contribution in [2.45, 2.75) is 31.6 Å². The number of nitrogens with one attached hydrogen (secondary N) is 1. The Morgan fingerprint density at radius 3 is 2.50 bits per heavy atom. The van der Waals surface area contributed by atoms with Crippen molar-refractivity contribution in [2.24, 2.45) is 0 Å². The number of amides is 3. The average Bonchev–Trinajstić information content (AvgIpc) is 2.82. The van der Waals surface area contributed by atoms with Crippen molar-refractivity contribution in [3.05, 3.63) is 34.4 Å². The molecule has 2 heterocycles. The Bertz CT molecular complexity index is 773. The van der Waals surface area contributed by atoms with E-state index in [-0.39, 0.29) is 35.8 Å². The smallest absolute Gasteiger partial charge is 0.322 e. The van der Waals surface area contributed by atoms with Crippen LogP contribution in [-0.2, 0) is 22.3 Å². The summed E-state index contributed by atoms with van der Waals surface area (Å²) in [7, 11) is 0. The fourth-order valence-corrected chi connectivity index (χ4v) is 3.00. The number of alkyl halides is 3. The molecule has 2 aliphatic rings. The SMILES string of the molecule is O=Cc1cc2c(c(C(F)(F)F)c1)CN(C1CCC(=O)NC1=O)C2=O. The van der Waals surface area contributed by atoms with Gasteiger partial charge in [-0.2, -0.15) is 13.2 Å². The lowest BCUT2D eigenvalue weighted by atomic mass is 9.99. The second kappa shape index (κ2) is 5.43. The van der Waals surface area contributed by atoms with Gasteiger partial charge in [-0.3, -0.25) is 24.5 Å². The number of rotatable bonds is 2. The van der Waals surface area contributed by atoms with Crippen LogP contribution in [0.4, 0.5) is 13.2 Å². The number of fused-ring (bicyclic) bond motifs is 1. The molecule has 2 aliphatic heterocycles. The molecule has 1 unspecified atom stereocenters. The molecule has 9 heteroatoms. The molecule has 1 N–H and O–H groups in total. The quantitative estimate of drug-likeness (QED) is 0.649. The summed E-state index contributed by atoms with van der Waals surface area (Å²) >= 11 is 0. The van der Waals surface area contributed by atoms with Crippen molar-refractivity contribution in [3.63, 3.8) is 0 Å². The summed E-state index contributed by atoms with van der Waals surface area (Å²) in [6, 6.07) is 0.766. The van der Waals surface area contributed by atoms with Gasteiger partial charge in [0, 0.05) is 24.1 Å². The molecular weight excluding hydrogens is 329 g/mol. The Morgan fingerprint density at radius 2 is 1.92 bits per heavy atom. The molecule has 24 heavy (non-hydrogen) atoms. The molecule has 6 nitrogen and oxygen atoms in total. The van der Waals surface area contributed by atoms with E-state index in [0.717, 1.165) is 11.0 Å². The van der Waals surface area contributed by atoms with E-state index in [0.29, 0.717) is 6.07 Å². The summed E-state index contributed by atoms with van der Waals surface area (Å²) in [4.78, 5) is 47.4. The third kappa shape index (κ3) is 2.55. The van der Waals surface area contributed by atoms with Crippen molar-refractivity contribution in [1.29, 1.82) is 0 Å². The zero-order chi connectivity index (χ0) is 17.6. The number of piperidine rings is 1. The van der Waals surface area contributed by atoms with Gasteiger partial charge < -0.3 is 4.90 Å². The molecule has 1 fully saturated rings. The van der Waals surface area contributed by atoms with Gasteiger partial charge >= 0.3 is 6.18 Å². The number of benzene rings is 1. The molecule has 0 aromatic heterocycles. The number of hydrogen-bond donors (Lipinski definition) is 1. The van der Waals surface area contributed by atoms with Gasteiger partial charge in [-0.15, -0.1) is 0 Å². The zero-order valence-corrected chi connectivity index (χ0v) is 12.1. The van der Waals surface area contributed by atoms with Crippen LogP contribution in [0.1, 0.15) is 44.7 Å². The number of hydrogen-bond acceptors (Lipinski definition) is 4. The Hall–Kier alpha value is -2.71. The predicted molar refractivity (Wildman–Crippen MR) is 72.9 cm³/mol. The molecule has 1 atom stereocenters. The molecule has 3 rings (SSSR count). The Labute approximate surface area is 133 Å². The van der Waals surface area contributed by atoms with Crippen molar-refractivity contribution >= 4 is 24.0 Å². The number of nitrogens with zero attached hydrogens (tertiary/aromatic N) is 1. The number of carbonyl (C=O) groups is 4. The minimum Gasteiger partial charge on any atom is -0.322 e. The summed E-state index contributed by atoms with van der Waals surface area (Å²) in [6.45, 7) is -0.394. The van der Waals surface area contributed by atoms with Gasteiger partial charge in [0.2, 0.25) is 11.8 Å². The lowest BCUT2D eigenvalue weighted by molar-refractivity contribution is -0.138. The molecular formula is C15H11F3N2O4. The first-order valence-corrected chi connectivity index (χ1v) is 7.06. The molecule has 1 aromatic rings. The van der Waals surface area contributed by atoms with Gasteiger partial charge in [0.15, 0.2) is 0 Å². The molecule has 0 aliphatic carbocycles. The van der Waals surface area contributed by atoms with Gasteiger partial charge in [0.1, 0.15) is 12.3 Å². The van der Waals surface area contributed by atoms with Crippen molar-refractivity contribution in [3.8, 4) is 0 Å². The van der Waals surface area contributed by atoms with Crippen LogP contribution in [0.3, 0.4) is 0 Å². The lowest BCUT2D eigenvalue weighted by Crippen LogP contribution is -2.52. The molecule has 1 saturated heterocycles. The average molecular weight is 340 g/mol. The summed E-state index contributed by atoms with van der Waals surface area (Å²) in [5.74, 6) is -1.95. The Morgan fingerprint density at radius 1 is 1.21 bits per heavy atom. The summed E-state index contributed by atoms with van der Waals surface area (Å²) in [5.41, 5.74) is -1.83. The van der Waals surface area contributed by atoms with E-state index in [9.17, 15) is 32.3 Å². The number of aldehydes is 1. The maximum Gasteiger partial charge on any atom is 0.416 e. The Kier molecular flexibility index (Phi) is 3.66. The molecule has 0 saturated carbocycles. The third-order valence-corrected chi connectivity index (χ3v) is 4.12. The lowest BCUT2D eigenvalue weighted by Gasteiger charge is -2.29. The molecule has 126 valence electrons. The monoisotopic (exact) mass is 340 g/mol. The van der Waals surface area contributed by atoms with Gasteiger partial charge in [0.25, 0.3) is 5.91 Å². The first kappa shape index (κ1) is 16.2. The van der Waals surface area contributed by atoms with Crippen LogP contribution in [-0.4, -0.2) is 34.9 Å². The second-order valence-electron chi connectivity index (χ2n) is 5.61. The van der Waals surface area contributed by atoms with E-state index in [1.165, 1.54) is 0 Å². The minimum atomic E-state index is -4.73. The van der Waals surface area contributed by atoms with Crippen LogP contribution in [0.5, 0.6) is 0 Å². The fourth-order valence-electron chi connectivity index (χ4n) is 3.00. The van der Waals surface area contributed by atoms with Crippen LogP contribution < -0.4 is 5.32 Å². The van der Waals surface area contributed by atoms with Crippen LogP contribution in [0.15, 0.2) is 12.1 Å². The van der Waals surface area contributed by atoms with Gasteiger partial charge in [-0.25, -0.2) is 0 Å². The van der Waals surface area contributed by atoms with Gasteiger partial charge in [-0.05, 0) is 24.1 Å². The Balaban J connectivity index is 2.02. The number of imide groups is 1. The maximum absolute atomic E-state index is 13.2. The van der Waals surface area contributed by atoms with E-state index in [2.05, 4.69) is 5.32 Å². The first-order chi connectivity index (χ1) is 11.2. The fraction of sp³-hybridized carbons (Fsp3) is 0.333. The van der Waals surface area contributed by atoms with E-state index in [1.54, 1.807) is 0 Å².